The molecule has 1 saturated heterocycles. The minimum Gasteiger partial charge on any atom is -0.467 e. The second-order valence-electron chi connectivity index (χ2n) is 3.92. The van der Waals surface area contributed by atoms with Gasteiger partial charge in [-0.2, -0.15) is 0 Å². The number of carbonyl (C=O) groups excluding carboxylic acids is 2. The van der Waals surface area contributed by atoms with Gasteiger partial charge in [-0.1, -0.05) is 0 Å². The van der Waals surface area contributed by atoms with E-state index < -0.39 is 6.04 Å². The van der Waals surface area contributed by atoms with E-state index in [1.807, 2.05) is 0 Å². The molecule has 1 atom stereocenters. The van der Waals surface area contributed by atoms with Gasteiger partial charge >= 0.3 is 5.97 Å². The molecule has 1 aromatic heterocycles. The highest BCUT2D eigenvalue weighted by Crippen LogP contribution is 2.20. The van der Waals surface area contributed by atoms with Gasteiger partial charge in [-0.3, -0.25) is 9.78 Å². The van der Waals surface area contributed by atoms with E-state index in [-0.39, 0.29) is 11.9 Å². The fourth-order valence-electron chi connectivity index (χ4n) is 2.05. The molecule has 0 spiro atoms. The maximum Gasteiger partial charge on any atom is 0.328 e. The zero-order valence-corrected chi connectivity index (χ0v) is 9.63. The van der Waals surface area contributed by atoms with Gasteiger partial charge in [-0.05, 0) is 25.0 Å². The molecule has 1 aromatic rings. The van der Waals surface area contributed by atoms with Crippen LogP contribution in [0.5, 0.6) is 0 Å². The van der Waals surface area contributed by atoms with Crippen molar-refractivity contribution in [3.8, 4) is 0 Å². The van der Waals surface area contributed by atoms with Crippen molar-refractivity contribution in [3.63, 3.8) is 0 Å². The lowest BCUT2D eigenvalue weighted by Crippen LogP contribution is -2.41. The van der Waals surface area contributed by atoms with Crippen LogP contribution in [0.2, 0.25) is 0 Å². The molecule has 0 aliphatic carbocycles. The molecule has 1 fully saturated rings. The van der Waals surface area contributed by atoms with Crippen molar-refractivity contribution < 1.29 is 14.3 Å². The Morgan fingerprint density at radius 2 is 2.35 bits per heavy atom. The van der Waals surface area contributed by atoms with Crippen molar-refractivity contribution in [2.24, 2.45) is 0 Å². The van der Waals surface area contributed by atoms with E-state index in [1.54, 1.807) is 23.2 Å². The molecule has 1 amide bonds. The van der Waals surface area contributed by atoms with E-state index in [4.69, 9.17) is 4.74 Å². The smallest absolute Gasteiger partial charge is 0.328 e. The molecular weight excluding hydrogens is 220 g/mol. The standard InChI is InChI=1S/C12H14N2O3/c1-17-12(16)10-5-3-7-14(10)11(15)9-4-2-6-13-8-9/h2,4,6,8,10H,3,5,7H2,1H3. The average Bonchev–Trinajstić information content (AvgIpc) is 2.87. The van der Waals surface area contributed by atoms with Gasteiger partial charge in [0.2, 0.25) is 0 Å². The Morgan fingerprint density at radius 3 is 3.00 bits per heavy atom. The van der Waals surface area contributed by atoms with Gasteiger partial charge in [0.25, 0.3) is 5.91 Å². The molecule has 0 N–H and O–H groups in total. The molecule has 17 heavy (non-hydrogen) atoms. The quantitative estimate of drug-likeness (QED) is 0.712. The number of carbonyl (C=O) groups is 2. The van der Waals surface area contributed by atoms with Gasteiger partial charge in [0.05, 0.1) is 12.7 Å². The van der Waals surface area contributed by atoms with Crippen LogP contribution < -0.4 is 0 Å². The average molecular weight is 234 g/mol. The number of rotatable bonds is 2. The third-order valence-corrected chi connectivity index (χ3v) is 2.90. The first-order valence-corrected chi connectivity index (χ1v) is 5.53. The fraction of sp³-hybridized carbons (Fsp3) is 0.417. The first kappa shape index (κ1) is 11.6. The Morgan fingerprint density at radius 1 is 1.53 bits per heavy atom. The largest absolute Gasteiger partial charge is 0.467 e. The maximum absolute atomic E-state index is 12.2. The number of pyridine rings is 1. The van der Waals surface area contributed by atoms with Crippen molar-refractivity contribution in [3.05, 3.63) is 30.1 Å². The van der Waals surface area contributed by atoms with Crippen LogP contribution in [0.4, 0.5) is 0 Å². The van der Waals surface area contributed by atoms with Crippen molar-refractivity contribution >= 4 is 11.9 Å². The summed E-state index contributed by atoms with van der Waals surface area (Å²) in [6.07, 6.45) is 4.61. The summed E-state index contributed by atoms with van der Waals surface area (Å²) in [5, 5.41) is 0. The summed E-state index contributed by atoms with van der Waals surface area (Å²) in [6, 6.07) is 2.95. The zero-order valence-electron chi connectivity index (χ0n) is 9.63. The number of methoxy groups -OCH3 is 1. The van der Waals surface area contributed by atoms with Crippen LogP contribution in [0.25, 0.3) is 0 Å². The van der Waals surface area contributed by atoms with Gasteiger partial charge in [0, 0.05) is 18.9 Å². The lowest BCUT2D eigenvalue weighted by molar-refractivity contribution is -0.145. The lowest BCUT2D eigenvalue weighted by Gasteiger charge is -2.22. The Kier molecular flexibility index (Phi) is 3.37. The van der Waals surface area contributed by atoms with Gasteiger partial charge in [0.15, 0.2) is 0 Å². The van der Waals surface area contributed by atoms with E-state index in [2.05, 4.69) is 4.98 Å². The number of hydrogen-bond donors (Lipinski definition) is 0. The Balaban J connectivity index is 2.17. The first-order valence-electron chi connectivity index (χ1n) is 5.53. The molecule has 0 aromatic carbocycles. The van der Waals surface area contributed by atoms with Crippen molar-refractivity contribution in [1.29, 1.82) is 0 Å². The molecular formula is C12H14N2O3. The third kappa shape index (κ3) is 2.27. The minimum atomic E-state index is -0.451. The molecule has 1 aliphatic rings. The number of ether oxygens (including phenoxy) is 1. The van der Waals surface area contributed by atoms with E-state index in [0.29, 0.717) is 18.5 Å². The normalized spacial score (nSPS) is 19.1. The second-order valence-corrected chi connectivity index (χ2v) is 3.92. The molecule has 0 saturated carbocycles. The minimum absolute atomic E-state index is 0.161. The molecule has 90 valence electrons. The number of esters is 1. The van der Waals surface area contributed by atoms with E-state index in [1.165, 1.54) is 13.3 Å². The number of aromatic nitrogens is 1. The number of amides is 1. The summed E-state index contributed by atoms with van der Waals surface area (Å²) in [4.78, 5) is 29.1. The molecule has 2 heterocycles. The predicted molar refractivity (Wildman–Crippen MR) is 60.3 cm³/mol. The Hall–Kier alpha value is -1.91. The third-order valence-electron chi connectivity index (χ3n) is 2.90. The Bertz CT molecular complexity index is 419. The van der Waals surface area contributed by atoms with Crippen LogP contribution >= 0.6 is 0 Å². The number of nitrogens with zero attached hydrogens (tertiary/aromatic N) is 2. The van der Waals surface area contributed by atoms with Crippen LogP contribution in [0.15, 0.2) is 24.5 Å². The molecule has 1 unspecified atom stereocenters. The van der Waals surface area contributed by atoms with Crippen LogP contribution in [0.1, 0.15) is 23.2 Å². The highest BCUT2D eigenvalue weighted by atomic mass is 16.5. The maximum atomic E-state index is 12.2. The van der Waals surface area contributed by atoms with Crippen molar-refractivity contribution in [2.75, 3.05) is 13.7 Å². The SMILES string of the molecule is COC(=O)C1CCCN1C(=O)c1cccnc1. The molecule has 5 heteroatoms. The summed E-state index contributed by atoms with van der Waals surface area (Å²) in [5.74, 6) is -0.509. The highest BCUT2D eigenvalue weighted by Gasteiger charge is 2.35. The summed E-state index contributed by atoms with van der Waals surface area (Å²) in [5.41, 5.74) is 0.503. The van der Waals surface area contributed by atoms with Crippen molar-refractivity contribution in [1.82, 2.24) is 9.88 Å². The van der Waals surface area contributed by atoms with Crippen LogP contribution in [0.3, 0.4) is 0 Å². The fourth-order valence-corrected chi connectivity index (χ4v) is 2.05. The summed E-state index contributed by atoms with van der Waals surface area (Å²) in [7, 11) is 1.34. The monoisotopic (exact) mass is 234 g/mol. The van der Waals surface area contributed by atoms with Crippen LogP contribution in [0, 0.1) is 0 Å². The van der Waals surface area contributed by atoms with E-state index in [0.717, 1.165) is 6.42 Å². The summed E-state index contributed by atoms with van der Waals surface area (Å²) >= 11 is 0. The number of hydrogen-bond acceptors (Lipinski definition) is 4. The molecule has 5 nitrogen and oxygen atoms in total. The number of likely N-dealkylation sites (tertiary alicyclic amines) is 1. The van der Waals surface area contributed by atoms with Crippen LogP contribution in [-0.4, -0.2) is 41.5 Å². The predicted octanol–water partition coefficient (Wildman–Crippen LogP) is 0.859. The van der Waals surface area contributed by atoms with Crippen LogP contribution in [-0.2, 0) is 9.53 Å². The van der Waals surface area contributed by atoms with Gasteiger partial charge in [0.1, 0.15) is 6.04 Å². The van der Waals surface area contributed by atoms with Gasteiger partial charge in [-0.15, -0.1) is 0 Å². The Labute approximate surface area is 99.4 Å². The topological polar surface area (TPSA) is 59.5 Å². The molecule has 0 radical (unpaired) electrons. The lowest BCUT2D eigenvalue weighted by atomic mass is 10.2. The first-order chi connectivity index (χ1) is 8.24. The molecule has 0 bridgehead atoms. The van der Waals surface area contributed by atoms with E-state index >= 15 is 0 Å². The molecule has 2 rings (SSSR count). The summed E-state index contributed by atoms with van der Waals surface area (Å²) in [6.45, 7) is 0.591. The second kappa shape index (κ2) is 4.95. The van der Waals surface area contributed by atoms with Gasteiger partial charge < -0.3 is 9.64 Å². The zero-order chi connectivity index (χ0) is 12.3. The van der Waals surface area contributed by atoms with E-state index in [9.17, 15) is 9.59 Å². The van der Waals surface area contributed by atoms with Gasteiger partial charge in [-0.25, -0.2) is 4.79 Å². The highest BCUT2D eigenvalue weighted by molar-refractivity contribution is 5.96. The van der Waals surface area contributed by atoms with Crippen molar-refractivity contribution in [2.45, 2.75) is 18.9 Å². The molecule has 1 aliphatic heterocycles. The summed E-state index contributed by atoms with van der Waals surface area (Å²) < 4.78 is 4.70.